The molecule has 0 saturated heterocycles. The van der Waals surface area contributed by atoms with Gasteiger partial charge in [0.1, 0.15) is 4.90 Å². The number of aromatic nitrogens is 2. The van der Waals surface area contributed by atoms with Gasteiger partial charge in [0.05, 0.1) is 24.4 Å². The van der Waals surface area contributed by atoms with Crippen molar-refractivity contribution in [3.05, 3.63) is 12.4 Å². The van der Waals surface area contributed by atoms with Crippen molar-refractivity contribution < 1.29 is 8.42 Å². The Morgan fingerprint density at radius 2 is 2.11 bits per heavy atom. The summed E-state index contributed by atoms with van der Waals surface area (Å²) in [6, 6.07) is 1.97. The van der Waals surface area contributed by atoms with E-state index in [0.29, 0.717) is 0 Å². The summed E-state index contributed by atoms with van der Waals surface area (Å²) in [7, 11) is -2.28. The second-order valence-corrected chi connectivity index (χ2v) is 5.75. The molecule has 0 aliphatic heterocycles. The first-order chi connectivity index (χ1) is 8.41. The summed E-state index contributed by atoms with van der Waals surface area (Å²) in [5, 5.41) is 8.67. The Kier molecular flexibility index (Phi) is 4.55. The van der Waals surface area contributed by atoms with E-state index in [0.717, 1.165) is 16.7 Å². The van der Waals surface area contributed by atoms with Gasteiger partial charge in [-0.3, -0.25) is 5.43 Å². The minimum absolute atomic E-state index is 0.0471. The van der Waals surface area contributed by atoms with Crippen LogP contribution in [0.4, 0.5) is 5.95 Å². The predicted octanol–water partition coefficient (Wildman–Crippen LogP) is -0.458. The first kappa shape index (κ1) is 14.3. The van der Waals surface area contributed by atoms with Gasteiger partial charge >= 0.3 is 0 Å². The van der Waals surface area contributed by atoms with Crippen molar-refractivity contribution in [1.82, 2.24) is 14.3 Å². The lowest BCUT2D eigenvalue weighted by Crippen LogP contribution is -2.31. The molecule has 1 aromatic heterocycles. The van der Waals surface area contributed by atoms with Crippen LogP contribution >= 0.6 is 0 Å². The largest absolute Gasteiger partial charge is 0.292 e. The maximum Gasteiger partial charge on any atom is 0.245 e. The number of sulfonamides is 1. The Bertz CT molecular complexity index is 535. The molecular formula is C9H14N6O2S. The molecule has 98 valence electrons. The van der Waals surface area contributed by atoms with E-state index >= 15 is 0 Å². The van der Waals surface area contributed by atoms with Crippen molar-refractivity contribution in [2.24, 2.45) is 11.8 Å². The number of anilines is 1. The molecule has 1 rings (SSSR count). The monoisotopic (exact) mass is 270 g/mol. The zero-order valence-corrected chi connectivity index (χ0v) is 10.8. The Hall–Kier alpha value is -1.76. The van der Waals surface area contributed by atoms with Crippen LogP contribution in [0.15, 0.2) is 17.3 Å². The van der Waals surface area contributed by atoms with Gasteiger partial charge in [-0.15, -0.1) is 0 Å². The molecule has 0 fully saturated rings. The molecule has 0 amide bonds. The molecule has 0 bridgehead atoms. The van der Waals surface area contributed by atoms with Gasteiger partial charge in [-0.05, 0) is 6.92 Å². The van der Waals surface area contributed by atoms with Gasteiger partial charge in [0.2, 0.25) is 16.0 Å². The molecule has 0 radical (unpaired) electrons. The van der Waals surface area contributed by atoms with Crippen molar-refractivity contribution in [2.45, 2.75) is 11.8 Å². The molecule has 1 unspecified atom stereocenters. The highest BCUT2D eigenvalue weighted by Gasteiger charge is 2.23. The van der Waals surface area contributed by atoms with E-state index in [1.54, 1.807) is 6.92 Å². The van der Waals surface area contributed by atoms with Crippen molar-refractivity contribution in [3.63, 3.8) is 0 Å². The highest BCUT2D eigenvalue weighted by atomic mass is 32.2. The number of nitriles is 1. The molecular weight excluding hydrogens is 256 g/mol. The fraction of sp³-hybridized carbons (Fsp3) is 0.444. The summed E-state index contributed by atoms with van der Waals surface area (Å²) in [4.78, 5) is 7.41. The van der Waals surface area contributed by atoms with Crippen molar-refractivity contribution >= 4 is 16.0 Å². The Morgan fingerprint density at radius 1 is 1.56 bits per heavy atom. The number of nitrogens with one attached hydrogen (secondary N) is 1. The fourth-order valence-corrected chi connectivity index (χ4v) is 2.38. The molecule has 9 heteroatoms. The SMILES string of the molecule is CC(C#N)CN(C)S(=O)(=O)c1cnc(NN)nc1. The van der Waals surface area contributed by atoms with E-state index in [9.17, 15) is 8.42 Å². The second-order valence-electron chi connectivity index (χ2n) is 3.70. The van der Waals surface area contributed by atoms with Crippen LogP contribution in [0.25, 0.3) is 0 Å². The van der Waals surface area contributed by atoms with E-state index in [-0.39, 0.29) is 17.4 Å². The Labute approximate surface area is 105 Å². The van der Waals surface area contributed by atoms with Gasteiger partial charge in [-0.25, -0.2) is 24.2 Å². The van der Waals surface area contributed by atoms with E-state index < -0.39 is 15.9 Å². The lowest BCUT2D eigenvalue weighted by Gasteiger charge is -2.17. The van der Waals surface area contributed by atoms with E-state index in [2.05, 4.69) is 15.4 Å². The summed E-state index contributed by atoms with van der Waals surface area (Å²) in [6.45, 7) is 1.75. The maximum atomic E-state index is 12.1. The van der Waals surface area contributed by atoms with Gasteiger partial charge in [0.15, 0.2) is 0 Å². The standard InChI is InChI=1S/C9H14N6O2S/c1-7(3-10)6-15(2)18(16,17)8-4-12-9(14-11)13-5-8/h4-5,7H,6,11H2,1-2H3,(H,12,13,14). The minimum atomic E-state index is -3.68. The fourth-order valence-electron chi connectivity index (χ4n) is 1.23. The number of nitrogen functional groups attached to an aromatic ring is 1. The van der Waals surface area contributed by atoms with Crippen LogP contribution in [0.5, 0.6) is 0 Å². The Morgan fingerprint density at radius 3 is 2.56 bits per heavy atom. The smallest absolute Gasteiger partial charge is 0.245 e. The zero-order chi connectivity index (χ0) is 13.8. The highest BCUT2D eigenvalue weighted by molar-refractivity contribution is 7.89. The molecule has 0 aromatic carbocycles. The van der Waals surface area contributed by atoms with Crippen LogP contribution < -0.4 is 11.3 Å². The Balaban J connectivity index is 2.95. The van der Waals surface area contributed by atoms with Crippen molar-refractivity contribution in [3.8, 4) is 6.07 Å². The first-order valence-electron chi connectivity index (χ1n) is 5.06. The third-order valence-corrected chi connectivity index (χ3v) is 3.99. The molecule has 3 N–H and O–H groups in total. The number of hydrogen-bond acceptors (Lipinski definition) is 7. The zero-order valence-electron chi connectivity index (χ0n) is 10.0. The third kappa shape index (κ3) is 3.13. The van der Waals surface area contributed by atoms with Crippen LogP contribution in [0.2, 0.25) is 0 Å². The average molecular weight is 270 g/mol. The van der Waals surface area contributed by atoms with Gasteiger partial charge in [-0.2, -0.15) is 9.57 Å². The number of rotatable bonds is 5. The van der Waals surface area contributed by atoms with Crippen LogP contribution in [-0.2, 0) is 10.0 Å². The van der Waals surface area contributed by atoms with Gasteiger partial charge in [0, 0.05) is 13.6 Å². The molecule has 1 heterocycles. The van der Waals surface area contributed by atoms with Crippen LogP contribution in [0, 0.1) is 17.2 Å². The molecule has 18 heavy (non-hydrogen) atoms. The minimum Gasteiger partial charge on any atom is -0.292 e. The summed E-state index contributed by atoms with van der Waals surface area (Å²) in [5.74, 6) is 4.82. The molecule has 1 atom stereocenters. The van der Waals surface area contributed by atoms with Crippen LogP contribution in [0.1, 0.15) is 6.92 Å². The second kappa shape index (κ2) is 5.72. The van der Waals surface area contributed by atoms with Crippen LogP contribution in [-0.4, -0.2) is 36.3 Å². The summed E-state index contributed by atoms with van der Waals surface area (Å²) < 4.78 is 25.2. The lowest BCUT2D eigenvalue weighted by atomic mass is 10.2. The molecule has 8 nitrogen and oxygen atoms in total. The molecule has 0 aliphatic carbocycles. The van der Waals surface area contributed by atoms with Crippen LogP contribution in [0.3, 0.4) is 0 Å². The van der Waals surface area contributed by atoms with Gasteiger partial charge < -0.3 is 0 Å². The quantitative estimate of drug-likeness (QED) is 0.548. The topological polar surface area (TPSA) is 125 Å². The number of nitrogens with zero attached hydrogens (tertiary/aromatic N) is 4. The third-order valence-electron chi connectivity index (χ3n) is 2.22. The number of hydrogen-bond donors (Lipinski definition) is 2. The van der Waals surface area contributed by atoms with Crippen molar-refractivity contribution in [2.75, 3.05) is 19.0 Å². The maximum absolute atomic E-state index is 12.1. The lowest BCUT2D eigenvalue weighted by molar-refractivity contribution is 0.438. The van der Waals surface area contributed by atoms with Crippen molar-refractivity contribution in [1.29, 1.82) is 5.26 Å². The van der Waals surface area contributed by atoms with Gasteiger partial charge in [0.25, 0.3) is 0 Å². The number of hydrazine groups is 1. The van der Waals surface area contributed by atoms with E-state index in [4.69, 9.17) is 11.1 Å². The summed E-state index contributed by atoms with van der Waals surface area (Å²) in [6.07, 6.45) is 2.32. The average Bonchev–Trinajstić information content (AvgIpc) is 2.38. The molecule has 1 aromatic rings. The normalized spacial score (nSPS) is 13.1. The molecule has 0 aliphatic rings. The summed E-state index contributed by atoms with van der Waals surface area (Å²) >= 11 is 0. The summed E-state index contributed by atoms with van der Waals surface area (Å²) in [5.41, 5.74) is 2.20. The molecule has 0 saturated carbocycles. The van der Waals surface area contributed by atoms with Gasteiger partial charge in [-0.1, -0.05) is 0 Å². The predicted molar refractivity (Wildman–Crippen MR) is 64.4 cm³/mol. The van der Waals surface area contributed by atoms with E-state index in [1.807, 2.05) is 6.07 Å². The van der Waals surface area contributed by atoms with E-state index in [1.165, 1.54) is 7.05 Å². The number of nitrogens with two attached hydrogens (primary N) is 1. The first-order valence-corrected chi connectivity index (χ1v) is 6.50. The highest BCUT2D eigenvalue weighted by Crippen LogP contribution is 2.14. The molecule has 0 spiro atoms.